The normalized spacial score (nSPS) is 21.6. The summed E-state index contributed by atoms with van der Waals surface area (Å²) in [6, 6.07) is 0. The average Bonchev–Trinajstić information content (AvgIpc) is 2.96. The van der Waals surface area contributed by atoms with Gasteiger partial charge < -0.3 is 20.4 Å². The Morgan fingerprint density at radius 2 is 1.72 bits per heavy atom. The van der Waals surface area contributed by atoms with Crippen molar-refractivity contribution < 1.29 is 25.2 Å². The van der Waals surface area contributed by atoms with Crippen LogP contribution in [-0.2, 0) is 4.79 Å². The second kappa shape index (κ2) is 12.2. The van der Waals surface area contributed by atoms with Crippen LogP contribution in [0.3, 0.4) is 0 Å². The van der Waals surface area contributed by atoms with Crippen LogP contribution >= 0.6 is 0 Å². The molecule has 4 N–H and O–H groups in total. The number of carboxylic acids is 1. The highest BCUT2D eigenvalue weighted by molar-refractivity contribution is 5.66. The van der Waals surface area contributed by atoms with Gasteiger partial charge >= 0.3 is 5.97 Å². The third-order valence-electron chi connectivity index (χ3n) is 4.85. The highest BCUT2D eigenvalue weighted by Crippen LogP contribution is 2.35. The molecular weight excluding hydrogens is 320 g/mol. The highest BCUT2D eigenvalue weighted by atomic mass is 16.7. The van der Waals surface area contributed by atoms with E-state index in [-0.39, 0.29) is 12.8 Å². The van der Waals surface area contributed by atoms with Crippen LogP contribution in [-0.4, -0.2) is 32.4 Å². The van der Waals surface area contributed by atoms with E-state index in [9.17, 15) is 4.79 Å². The summed E-state index contributed by atoms with van der Waals surface area (Å²) in [6.45, 7) is 0. The Bertz CT molecular complexity index is 422. The zero-order chi connectivity index (χ0) is 18.5. The van der Waals surface area contributed by atoms with Gasteiger partial charge in [0.25, 0.3) is 5.97 Å². The van der Waals surface area contributed by atoms with Crippen molar-refractivity contribution in [2.24, 2.45) is 11.8 Å². The Kier molecular flexibility index (Phi) is 10.7. The maximum Gasteiger partial charge on any atom is 0.303 e. The SMILES string of the molecule is O=C(O)CCCC=CC[C@H]1CCC[C@@H]1C=CCCCCCC(O)(O)O. The minimum atomic E-state index is -2.52. The number of carboxylic acid groups (broad SMARTS) is 1. The van der Waals surface area contributed by atoms with E-state index >= 15 is 0 Å². The van der Waals surface area contributed by atoms with Crippen molar-refractivity contribution in [3.63, 3.8) is 0 Å². The molecule has 0 saturated heterocycles. The summed E-state index contributed by atoms with van der Waals surface area (Å²) < 4.78 is 0. The van der Waals surface area contributed by atoms with Crippen molar-refractivity contribution in [2.45, 2.75) is 83.0 Å². The van der Waals surface area contributed by atoms with Crippen molar-refractivity contribution in [3.8, 4) is 0 Å². The van der Waals surface area contributed by atoms with Gasteiger partial charge in [-0.25, -0.2) is 0 Å². The summed E-state index contributed by atoms with van der Waals surface area (Å²) in [6.07, 6.45) is 19.0. The molecule has 1 aliphatic rings. The fourth-order valence-electron chi connectivity index (χ4n) is 3.44. The van der Waals surface area contributed by atoms with Gasteiger partial charge in [0.15, 0.2) is 0 Å². The second-order valence-corrected chi connectivity index (χ2v) is 7.15. The van der Waals surface area contributed by atoms with Gasteiger partial charge in [0.05, 0.1) is 0 Å². The van der Waals surface area contributed by atoms with Crippen LogP contribution < -0.4 is 0 Å². The Morgan fingerprint density at radius 1 is 0.960 bits per heavy atom. The second-order valence-electron chi connectivity index (χ2n) is 7.15. The molecule has 0 radical (unpaired) electrons. The standard InChI is InChI=1S/C20H34O5/c21-19(22)15-8-4-3-7-12-18-14-10-13-17(18)11-6-2-1-5-9-16-20(23,24)25/h3,6-7,11,17-18,23-25H,1-2,4-5,8-10,12-16H2,(H,21,22)/t17-,18-/m0/s1. The zero-order valence-electron chi connectivity index (χ0n) is 15.1. The lowest BCUT2D eigenvalue weighted by Gasteiger charge is -2.14. The van der Waals surface area contributed by atoms with E-state index in [0.29, 0.717) is 24.7 Å². The number of rotatable bonds is 13. The number of allylic oxidation sites excluding steroid dienone is 4. The first-order chi connectivity index (χ1) is 11.9. The molecule has 0 unspecified atom stereocenters. The van der Waals surface area contributed by atoms with Crippen molar-refractivity contribution in [1.29, 1.82) is 0 Å². The van der Waals surface area contributed by atoms with E-state index in [2.05, 4.69) is 24.3 Å². The third kappa shape index (κ3) is 11.9. The topological polar surface area (TPSA) is 98.0 Å². The number of hydrogen-bond acceptors (Lipinski definition) is 4. The fourth-order valence-corrected chi connectivity index (χ4v) is 3.44. The molecule has 2 atom stereocenters. The molecular formula is C20H34O5. The molecule has 25 heavy (non-hydrogen) atoms. The van der Waals surface area contributed by atoms with Crippen molar-refractivity contribution in [1.82, 2.24) is 0 Å². The van der Waals surface area contributed by atoms with Crippen LogP contribution in [0.15, 0.2) is 24.3 Å². The average molecular weight is 354 g/mol. The Labute approximate surface area is 151 Å². The number of aliphatic hydroxyl groups is 3. The smallest absolute Gasteiger partial charge is 0.303 e. The molecule has 144 valence electrons. The van der Waals surface area contributed by atoms with Crippen molar-refractivity contribution in [3.05, 3.63) is 24.3 Å². The lowest BCUT2D eigenvalue weighted by molar-refractivity contribution is -0.315. The zero-order valence-corrected chi connectivity index (χ0v) is 15.1. The summed E-state index contributed by atoms with van der Waals surface area (Å²) >= 11 is 0. The van der Waals surface area contributed by atoms with E-state index in [1.54, 1.807) is 0 Å². The van der Waals surface area contributed by atoms with Crippen molar-refractivity contribution >= 4 is 5.97 Å². The maximum atomic E-state index is 10.4. The fraction of sp³-hybridized carbons (Fsp3) is 0.750. The summed E-state index contributed by atoms with van der Waals surface area (Å²) in [4.78, 5) is 10.4. The van der Waals surface area contributed by atoms with Crippen LogP contribution in [0.5, 0.6) is 0 Å². The minimum absolute atomic E-state index is 0.000211. The van der Waals surface area contributed by atoms with Crippen LogP contribution in [0.2, 0.25) is 0 Å². The summed E-state index contributed by atoms with van der Waals surface area (Å²) in [5.74, 6) is -1.90. The van der Waals surface area contributed by atoms with Gasteiger partial charge in [0.2, 0.25) is 0 Å². The quantitative estimate of drug-likeness (QED) is 0.229. The van der Waals surface area contributed by atoms with E-state index in [1.165, 1.54) is 19.3 Å². The summed E-state index contributed by atoms with van der Waals surface area (Å²) in [5.41, 5.74) is 0. The first-order valence-corrected chi connectivity index (χ1v) is 9.59. The van der Waals surface area contributed by atoms with E-state index < -0.39 is 11.9 Å². The molecule has 0 aromatic rings. The van der Waals surface area contributed by atoms with Gasteiger partial charge in [-0.2, -0.15) is 0 Å². The van der Waals surface area contributed by atoms with E-state index in [0.717, 1.165) is 32.1 Å². The first kappa shape index (κ1) is 21.9. The van der Waals surface area contributed by atoms with Gasteiger partial charge in [-0.3, -0.25) is 4.79 Å². The number of aliphatic carboxylic acids is 1. The largest absolute Gasteiger partial charge is 0.481 e. The Morgan fingerprint density at radius 3 is 2.44 bits per heavy atom. The lowest BCUT2D eigenvalue weighted by Crippen LogP contribution is -2.26. The molecule has 1 saturated carbocycles. The molecule has 1 rings (SSSR count). The number of unbranched alkanes of at least 4 members (excludes halogenated alkanes) is 4. The number of carbonyl (C=O) groups is 1. The molecule has 0 heterocycles. The van der Waals surface area contributed by atoms with E-state index in [4.69, 9.17) is 20.4 Å². The molecule has 5 nitrogen and oxygen atoms in total. The van der Waals surface area contributed by atoms with E-state index in [1.807, 2.05) is 0 Å². The first-order valence-electron chi connectivity index (χ1n) is 9.59. The van der Waals surface area contributed by atoms with Crippen molar-refractivity contribution in [2.75, 3.05) is 0 Å². The molecule has 0 aliphatic heterocycles. The molecule has 5 heteroatoms. The van der Waals surface area contributed by atoms with Crippen LogP contribution in [0.1, 0.15) is 77.0 Å². The van der Waals surface area contributed by atoms with Gasteiger partial charge in [-0.05, 0) is 63.2 Å². The predicted molar refractivity (Wildman–Crippen MR) is 97.7 cm³/mol. The van der Waals surface area contributed by atoms with Gasteiger partial charge in [-0.15, -0.1) is 0 Å². The molecule has 1 aliphatic carbocycles. The molecule has 0 spiro atoms. The molecule has 0 aromatic heterocycles. The summed E-state index contributed by atoms with van der Waals surface area (Å²) in [7, 11) is 0. The lowest BCUT2D eigenvalue weighted by atomic mass is 9.92. The molecule has 0 amide bonds. The van der Waals surface area contributed by atoms with Gasteiger partial charge in [-0.1, -0.05) is 37.1 Å². The van der Waals surface area contributed by atoms with Gasteiger partial charge in [0.1, 0.15) is 0 Å². The van der Waals surface area contributed by atoms with Crippen LogP contribution in [0.4, 0.5) is 0 Å². The monoisotopic (exact) mass is 354 g/mol. The van der Waals surface area contributed by atoms with Gasteiger partial charge in [0, 0.05) is 12.8 Å². The van der Waals surface area contributed by atoms with Crippen LogP contribution in [0, 0.1) is 11.8 Å². The van der Waals surface area contributed by atoms with Crippen LogP contribution in [0.25, 0.3) is 0 Å². The predicted octanol–water partition coefficient (Wildman–Crippen LogP) is 3.74. The summed E-state index contributed by atoms with van der Waals surface area (Å²) in [5, 5.41) is 35.0. The Hall–Kier alpha value is -1.17. The molecule has 0 aromatic carbocycles. The Balaban J connectivity index is 2.13. The molecule has 1 fully saturated rings. The number of hydrogen-bond donors (Lipinski definition) is 4. The minimum Gasteiger partial charge on any atom is -0.481 e. The highest BCUT2D eigenvalue weighted by Gasteiger charge is 2.23. The maximum absolute atomic E-state index is 10.4. The molecule has 0 bridgehead atoms. The third-order valence-corrected chi connectivity index (χ3v) is 4.85.